The second-order valence-electron chi connectivity index (χ2n) is 5.32. The van der Waals surface area contributed by atoms with Gasteiger partial charge in [-0.2, -0.15) is 0 Å². The van der Waals surface area contributed by atoms with Gasteiger partial charge in [0.2, 0.25) is 0 Å². The Labute approximate surface area is 126 Å². The van der Waals surface area contributed by atoms with E-state index >= 15 is 0 Å². The molecule has 0 aromatic heterocycles. The first-order valence-corrected chi connectivity index (χ1v) is 7.87. The van der Waals surface area contributed by atoms with E-state index in [1.165, 1.54) is 0 Å². The summed E-state index contributed by atoms with van der Waals surface area (Å²) in [5.74, 6) is 0. The molecule has 0 radical (unpaired) electrons. The predicted octanol–water partition coefficient (Wildman–Crippen LogP) is 4.83. The van der Waals surface area contributed by atoms with E-state index in [-0.39, 0.29) is 5.41 Å². The number of hydrogen-bond donors (Lipinski definition) is 1. The summed E-state index contributed by atoms with van der Waals surface area (Å²) in [7, 11) is 0. The average molecular weight is 377 g/mol. The zero-order chi connectivity index (χ0) is 13.3. The van der Waals surface area contributed by atoms with Crippen LogP contribution in [0.25, 0.3) is 0 Å². The number of ether oxygens (including phenoxy) is 1. The molecule has 1 aliphatic carbocycles. The van der Waals surface area contributed by atoms with E-state index in [2.05, 4.69) is 76.1 Å². The molecule has 100 valence electrons. The summed E-state index contributed by atoms with van der Waals surface area (Å²) in [4.78, 5) is 0. The maximum absolute atomic E-state index is 5.75. The Kier molecular flexibility index (Phi) is 4.40. The van der Waals surface area contributed by atoms with E-state index < -0.39 is 0 Å². The predicted molar refractivity (Wildman–Crippen MR) is 83.1 cm³/mol. The van der Waals surface area contributed by atoms with Crippen molar-refractivity contribution in [2.24, 2.45) is 5.41 Å². The van der Waals surface area contributed by atoms with Gasteiger partial charge in [-0.3, -0.25) is 0 Å². The van der Waals surface area contributed by atoms with Gasteiger partial charge in [-0.25, -0.2) is 0 Å². The van der Waals surface area contributed by atoms with Gasteiger partial charge in [-0.15, -0.1) is 0 Å². The fourth-order valence-electron chi connectivity index (χ4n) is 2.41. The van der Waals surface area contributed by atoms with Crippen molar-refractivity contribution >= 4 is 37.5 Å². The van der Waals surface area contributed by atoms with Crippen LogP contribution in [-0.4, -0.2) is 18.8 Å². The molecule has 1 N–H and O–H groups in total. The van der Waals surface area contributed by atoms with Crippen molar-refractivity contribution in [3.05, 3.63) is 27.1 Å². The summed E-state index contributed by atoms with van der Waals surface area (Å²) < 4.78 is 7.92. The molecule has 1 aromatic carbocycles. The highest BCUT2D eigenvalue weighted by Crippen LogP contribution is 2.45. The molecule has 0 aliphatic heterocycles. The highest BCUT2D eigenvalue weighted by Gasteiger charge is 2.48. The lowest BCUT2D eigenvalue weighted by atomic mass is 9.64. The van der Waals surface area contributed by atoms with Crippen LogP contribution in [0.2, 0.25) is 0 Å². The SMILES string of the molecule is CCOC1CC(Nc2ccc(Br)cc2Br)C1(C)C. The molecule has 2 rings (SSSR count). The van der Waals surface area contributed by atoms with Gasteiger partial charge in [-0.05, 0) is 47.5 Å². The van der Waals surface area contributed by atoms with Crippen molar-refractivity contribution in [2.75, 3.05) is 11.9 Å². The normalized spacial score (nSPS) is 25.6. The summed E-state index contributed by atoms with van der Waals surface area (Å²) in [6.45, 7) is 7.38. The van der Waals surface area contributed by atoms with E-state index in [0.717, 1.165) is 27.7 Å². The van der Waals surface area contributed by atoms with E-state index in [1.807, 2.05) is 0 Å². The van der Waals surface area contributed by atoms with Crippen LogP contribution in [0.4, 0.5) is 5.69 Å². The fraction of sp³-hybridized carbons (Fsp3) is 0.571. The maximum Gasteiger partial charge on any atom is 0.0665 e. The number of benzene rings is 1. The standard InChI is InChI=1S/C14H19Br2NO/c1-4-18-13-8-12(14(13,2)3)17-11-6-5-9(15)7-10(11)16/h5-7,12-13,17H,4,8H2,1-3H3. The number of anilines is 1. The first-order chi connectivity index (χ1) is 8.45. The second kappa shape index (κ2) is 5.51. The topological polar surface area (TPSA) is 21.3 Å². The molecule has 2 unspecified atom stereocenters. The van der Waals surface area contributed by atoms with Crippen molar-refractivity contribution in [1.82, 2.24) is 0 Å². The van der Waals surface area contributed by atoms with E-state index in [0.29, 0.717) is 12.1 Å². The Bertz CT molecular complexity index is 434. The van der Waals surface area contributed by atoms with Crippen molar-refractivity contribution in [3.8, 4) is 0 Å². The summed E-state index contributed by atoms with van der Waals surface area (Å²) in [6.07, 6.45) is 1.44. The van der Waals surface area contributed by atoms with E-state index in [9.17, 15) is 0 Å². The molecule has 2 nitrogen and oxygen atoms in total. The van der Waals surface area contributed by atoms with Crippen LogP contribution >= 0.6 is 31.9 Å². The van der Waals surface area contributed by atoms with E-state index in [1.54, 1.807) is 0 Å². The molecule has 0 heterocycles. The minimum atomic E-state index is 0.183. The van der Waals surface area contributed by atoms with Crippen LogP contribution in [0.1, 0.15) is 27.2 Å². The van der Waals surface area contributed by atoms with Gasteiger partial charge in [0.1, 0.15) is 0 Å². The number of nitrogens with one attached hydrogen (secondary N) is 1. The minimum Gasteiger partial charge on any atom is -0.381 e. The first kappa shape index (κ1) is 14.4. The number of hydrogen-bond acceptors (Lipinski definition) is 2. The third-order valence-corrected chi connectivity index (χ3v) is 4.96. The monoisotopic (exact) mass is 375 g/mol. The number of halogens is 2. The summed E-state index contributed by atoms with van der Waals surface area (Å²) >= 11 is 7.06. The van der Waals surface area contributed by atoms with Crippen molar-refractivity contribution in [3.63, 3.8) is 0 Å². The van der Waals surface area contributed by atoms with Crippen LogP contribution in [0.3, 0.4) is 0 Å². The molecule has 0 amide bonds. The van der Waals surface area contributed by atoms with Gasteiger partial charge in [-0.1, -0.05) is 29.8 Å². The lowest BCUT2D eigenvalue weighted by Gasteiger charge is -2.52. The Hall–Kier alpha value is -0.0600. The van der Waals surface area contributed by atoms with Gasteiger partial charge in [0.05, 0.1) is 6.10 Å². The Morgan fingerprint density at radius 1 is 1.39 bits per heavy atom. The average Bonchev–Trinajstić information content (AvgIpc) is 2.30. The van der Waals surface area contributed by atoms with Crippen molar-refractivity contribution < 1.29 is 4.74 Å². The third-order valence-electron chi connectivity index (χ3n) is 3.81. The Morgan fingerprint density at radius 3 is 2.67 bits per heavy atom. The van der Waals surface area contributed by atoms with Crippen molar-refractivity contribution in [2.45, 2.75) is 39.3 Å². The second-order valence-corrected chi connectivity index (χ2v) is 7.09. The lowest BCUT2D eigenvalue weighted by molar-refractivity contribution is -0.0976. The molecule has 1 aromatic rings. The highest BCUT2D eigenvalue weighted by molar-refractivity contribution is 9.11. The molecule has 1 aliphatic rings. The van der Waals surface area contributed by atoms with Crippen LogP contribution in [0.5, 0.6) is 0 Å². The molecule has 4 heteroatoms. The largest absolute Gasteiger partial charge is 0.381 e. The third kappa shape index (κ3) is 2.75. The Balaban J connectivity index is 2.03. The smallest absolute Gasteiger partial charge is 0.0665 e. The maximum atomic E-state index is 5.75. The lowest BCUT2D eigenvalue weighted by Crippen LogP contribution is -2.58. The highest BCUT2D eigenvalue weighted by atomic mass is 79.9. The zero-order valence-electron chi connectivity index (χ0n) is 11.0. The van der Waals surface area contributed by atoms with Gasteiger partial charge in [0.25, 0.3) is 0 Å². The zero-order valence-corrected chi connectivity index (χ0v) is 14.1. The molecule has 1 saturated carbocycles. The van der Waals surface area contributed by atoms with Crippen LogP contribution in [0, 0.1) is 5.41 Å². The summed E-state index contributed by atoms with van der Waals surface area (Å²) in [5, 5.41) is 3.60. The summed E-state index contributed by atoms with van der Waals surface area (Å²) in [5.41, 5.74) is 1.33. The first-order valence-electron chi connectivity index (χ1n) is 6.28. The molecule has 0 saturated heterocycles. The minimum absolute atomic E-state index is 0.183. The molecule has 1 fully saturated rings. The molecule has 18 heavy (non-hydrogen) atoms. The molecular formula is C14H19Br2NO. The molecular weight excluding hydrogens is 358 g/mol. The summed E-state index contributed by atoms with van der Waals surface area (Å²) in [6, 6.07) is 6.68. The molecule has 2 atom stereocenters. The van der Waals surface area contributed by atoms with Gasteiger partial charge in [0, 0.05) is 32.7 Å². The molecule has 0 spiro atoms. The molecule has 0 bridgehead atoms. The van der Waals surface area contributed by atoms with Gasteiger partial charge >= 0.3 is 0 Å². The quantitative estimate of drug-likeness (QED) is 0.812. The van der Waals surface area contributed by atoms with Gasteiger partial charge < -0.3 is 10.1 Å². The Morgan fingerprint density at radius 2 is 2.11 bits per heavy atom. The number of rotatable bonds is 4. The van der Waals surface area contributed by atoms with E-state index in [4.69, 9.17) is 4.74 Å². The van der Waals surface area contributed by atoms with Crippen molar-refractivity contribution in [1.29, 1.82) is 0 Å². The fourth-order valence-corrected chi connectivity index (χ4v) is 3.57. The van der Waals surface area contributed by atoms with Crippen LogP contribution in [-0.2, 0) is 4.74 Å². The van der Waals surface area contributed by atoms with Crippen LogP contribution in [0.15, 0.2) is 27.1 Å². The van der Waals surface area contributed by atoms with Gasteiger partial charge in [0.15, 0.2) is 0 Å². The van der Waals surface area contributed by atoms with Crippen LogP contribution < -0.4 is 5.32 Å².